The van der Waals surface area contributed by atoms with Gasteiger partial charge in [-0.3, -0.25) is 37.3 Å². The molecule has 0 saturated heterocycles. The summed E-state index contributed by atoms with van der Waals surface area (Å²) in [4.78, 5) is 72.1. The zero-order valence-electron chi connectivity index (χ0n) is 53.5. The van der Waals surface area contributed by atoms with Gasteiger partial charge in [0.25, 0.3) is 0 Å². The van der Waals surface area contributed by atoms with Crippen molar-refractivity contribution in [3.05, 3.63) is 0 Å². The van der Waals surface area contributed by atoms with Gasteiger partial charge in [-0.25, -0.2) is 9.13 Å². The van der Waals surface area contributed by atoms with Crippen LogP contribution in [0.25, 0.3) is 0 Å². The molecule has 0 radical (unpaired) electrons. The van der Waals surface area contributed by atoms with Gasteiger partial charge < -0.3 is 33.8 Å². The molecule has 492 valence electrons. The molecule has 0 bridgehead atoms. The fourth-order valence-electron chi connectivity index (χ4n) is 9.53. The lowest BCUT2D eigenvalue weighted by molar-refractivity contribution is -0.161. The molecule has 0 aliphatic heterocycles. The predicted octanol–water partition coefficient (Wildman–Crippen LogP) is 17.7. The van der Waals surface area contributed by atoms with Crippen LogP contribution in [-0.4, -0.2) is 96.7 Å². The number of phosphoric ester groups is 2. The molecule has 5 atom stereocenters. The molecule has 83 heavy (non-hydrogen) atoms. The van der Waals surface area contributed by atoms with E-state index >= 15 is 0 Å². The van der Waals surface area contributed by atoms with Crippen molar-refractivity contribution in [3.63, 3.8) is 0 Å². The zero-order valence-corrected chi connectivity index (χ0v) is 55.3. The van der Waals surface area contributed by atoms with Crippen LogP contribution in [0.2, 0.25) is 0 Å². The van der Waals surface area contributed by atoms with Gasteiger partial charge in [0.15, 0.2) is 12.2 Å². The number of carbonyl (C=O) groups excluding carboxylic acids is 4. The van der Waals surface area contributed by atoms with Crippen LogP contribution in [0.15, 0.2) is 0 Å². The minimum Gasteiger partial charge on any atom is -0.462 e. The van der Waals surface area contributed by atoms with Gasteiger partial charge in [-0.15, -0.1) is 0 Å². The number of carbonyl (C=O) groups is 4. The Balaban J connectivity index is 5.22. The van der Waals surface area contributed by atoms with Crippen molar-refractivity contribution in [1.82, 2.24) is 0 Å². The van der Waals surface area contributed by atoms with Gasteiger partial charge in [0.05, 0.1) is 26.4 Å². The van der Waals surface area contributed by atoms with Crippen molar-refractivity contribution in [1.29, 1.82) is 0 Å². The fraction of sp³-hybridized carbons (Fsp3) is 0.938. The fourth-order valence-corrected chi connectivity index (χ4v) is 11.1. The van der Waals surface area contributed by atoms with Crippen LogP contribution < -0.4 is 0 Å². The number of unbranched alkanes of at least 4 members (excludes halogenated alkanes) is 33. The number of phosphoric acid groups is 2. The van der Waals surface area contributed by atoms with Crippen molar-refractivity contribution in [3.8, 4) is 0 Å². The SMILES string of the molecule is CCCCCCCCCCCCCCCCC(=O)O[C@H](COC(=O)CCCCCCCCCCC(C)C)COP(=O)(O)OC[C@@H](O)COP(=O)(O)OC[C@@H](COC(=O)CCCCCCCCC)OC(=O)CCCCCCCCCCC(C)C. The largest absolute Gasteiger partial charge is 0.472 e. The van der Waals surface area contributed by atoms with Crippen LogP contribution in [0.5, 0.6) is 0 Å². The lowest BCUT2D eigenvalue weighted by Gasteiger charge is -2.21. The topological polar surface area (TPSA) is 237 Å². The van der Waals surface area contributed by atoms with Gasteiger partial charge in [-0.2, -0.15) is 0 Å². The average molecular weight is 1230 g/mol. The molecule has 0 saturated carbocycles. The molecular formula is C64H124O17P2. The van der Waals surface area contributed by atoms with E-state index in [2.05, 4.69) is 41.5 Å². The van der Waals surface area contributed by atoms with Gasteiger partial charge in [-0.1, -0.05) is 266 Å². The average Bonchev–Trinajstić information content (AvgIpc) is 3.44. The molecule has 0 aliphatic carbocycles. The Labute approximate surface area is 505 Å². The first-order valence-electron chi connectivity index (χ1n) is 33.5. The van der Waals surface area contributed by atoms with E-state index in [1.54, 1.807) is 0 Å². The second kappa shape index (κ2) is 56.6. The highest BCUT2D eigenvalue weighted by atomic mass is 31.2. The summed E-state index contributed by atoms with van der Waals surface area (Å²) in [5.74, 6) is -0.693. The maximum absolute atomic E-state index is 13.0. The minimum atomic E-state index is -4.94. The van der Waals surface area contributed by atoms with Gasteiger partial charge >= 0.3 is 39.5 Å². The molecular weight excluding hydrogens is 1100 g/mol. The van der Waals surface area contributed by atoms with Crippen molar-refractivity contribution < 1.29 is 80.2 Å². The smallest absolute Gasteiger partial charge is 0.462 e. The Hall–Kier alpha value is -1.94. The molecule has 17 nitrogen and oxygen atoms in total. The molecule has 19 heteroatoms. The highest BCUT2D eigenvalue weighted by molar-refractivity contribution is 7.47. The van der Waals surface area contributed by atoms with Crippen molar-refractivity contribution >= 4 is 39.5 Å². The summed E-state index contributed by atoms with van der Waals surface area (Å²) in [6.45, 7) is 9.38. The lowest BCUT2D eigenvalue weighted by atomic mass is 10.0. The number of aliphatic hydroxyl groups is 1. The third-order valence-electron chi connectivity index (χ3n) is 14.7. The van der Waals surface area contributed by atoms with E-state index < -0.39 is 97.5 Å². The molecule has 0 fully saturated rings. The van der Waals surface area contributed by atoms with Crippen molar-refractivity contribution in [2.45, 2.75) is 336 Å². The molecule has 2 unspecified atom stereocenters. The molecule has 0 aliphatic rings. The molecule has 0 aromatic carbocycles. The van der Waals surface area contributed by atoms with E-state index in [1.807, 2.05) is 0 Å². The molecule has 0 aromatic rings. The normalized spacial score (nSPS) is 14.3. The minimum absolute atomic E-state index is 0.104. The Bertz CT molecular complexity index is 1630. The Morgan fingerprint density at radius 1 is 0.325 bits per heavy atom. The van der Waals surface area contributed by atoms with Crippen LogP contribution in [0.3, 0.4) is 0 Å². The molecule has 3 N–H and O–H groups in total. The van der Waals surface area contributed by atoms with Crippen LogP contribution in [0, 0.1) is 11.8 Å². The molecule has 0 aromatic heterocycles. The van der Waals surface area contributed by atoms with E-state index in [-0.39, 0.29) is 25.7 Å². The van der Waals surface area contributed by atoms with Gasteiger partial charge in [0.1, 0.15) is 19.3 Å². The van der Waals surface area contributed by atoms with Crippen LogP contribution in [0.4, 0.5) is 0 Å². The Kier molecular flexibility index (Phi) is 55.2. The number of rotatable bonds is 63. The molecule has 0 rings (SSSR count). The summed E-state index contributed by atoms with van der Waals surface area (Å²) in [6.07, 6.45) is 39.1. The van der Waals surface area contributed by atoms with E-state index in [1.165, 1.54) is 122 Å². The first-order chi connectivity index (χ1) is 39.9. The first-order valence-corrected chi connectivity index (χ1v) is 36.5. The predicted molar refractivity (Wildman–Crippen MR) is 331 cm³/mol. The van der Waals surface area contributed by atoms with Crippen LogP contribution in [0.1, 0.15) is 318 Å². The van der Waals surface area contributed by atoms with Crippen LogP contribution in [-0.2, 0) is 65.4 Å². The standard InChI is InChI=1S/C64H124O17P2/c1-7-9-11-13-15-16-17-18-19-20-21-30-36-42-48-63(68)80-60(53-75-62(67)47-41-35-29-24-22-27-32-38-44-56(3)4)55-79-83(72,73)77-51-58(65)50-76-82(70,71)78-54-59(52-74-61(66)46-40-34-26-14-12-10-8-2)81-64(69)49-43-37-31-25-23-28-33-39-45-57(5)6/h56-60,65H,7-55H2,1-6H3,(H,70,71)(H,72,73)/t58-,59+,60+/m0/s1. The summed E-state index contributed by atoms with van der Waals surface area (Å²) in [6, 6.07) is 0. The zero-order chi connectivity index (χ0) is 61.5. The summed E-state index contributed by atoms with van der Waals surface area (Å²) in [5.41, 5.74) is 0. The third-order valence-corrected chi connectivity index (χ3v) is 16.6. The monoisotopic (exact) mass is 1230 g/mol. The molecule has 0 spiro atoms. The van der Waals surface area contributed by atoms with Gasteiger partial charge in [0, 0.05) is 25.7 Å². The quantitative estimate of drug-likeness (QED) is 0.0222. The molecule has 0 amide bonds. The van der Waals surface area contributed by atoms with E-state index in [9.17, 15) is 43.2 Å². The second-order valence-corrected chi connectivity index (χ2v) is 27.0. The highest BCUT2D eigenvalue weighted by Crippen LogP contribution is 2.45. The van der Waals surface area contributed by atoms with E-state index in [0.29, 0.717) is 25.7 Å². The summed E-state index contributed by atoms with van der Waals surface area (Å²) >= 11 is 0. The second-order valence-electron chi connectivity index (χ2n) is 24.1. The lowest BCUT2D eigenvalue weighted by Crippen LogP contribution is -2.30. The van der Waals surface area contributed by atoms with E-state index in [4.69, 9.17) is 37.0 Å². The number of hydrogen-bond donors (Lipinski definition) is 3. The summed E-state index contributed by atoms with van der Waals surface area (Å²) in [7, 11) is -9.88. The van der Waals surface area contributed by atoms with E-state index in [0.717, 1.165) is 115 Å². The molecule has 0 heterocycles. The number of esters is 4. The Morgan fingerprint density at radius 2 is 0.554 bits per heavy atom. The van der Waals surface area contributed by atoms with Crippen molar-refractivity contribution in [2.24, 2.45) is 11.8 Å². The van der Waals surface area contributed by atoms with Gasteiger partial charge in [-0.05, 0) is 37.5 Å². The number of hydrogen-bond acceptors (Lipinski definition) is 15. The highest BCUT2D eigenvalue weighted by Gasteiger charge is 2.30. The third kappa shape index (κ3) is 58.8. The van der Waals surface area contributed by atoms with Crippen LogP contribution >= 0.6 is 15.6 Å². The summed E-state index contributed by atoms with van der Waals surface area (Å²) in [5, 5.41) is 10.5. The Morgan fingerprint density at radius 3 is 0.819 bits per heavy atom. The number of aliphatic hydroxyl groups excluding tert-OH is 1. The summed E-state index contributed by atoms with van der Waals surface area (Å²) < 4.78 is 67.9. The first kappa shape index (κ1) is 81.1. The van der Waals surface area contributed by atoms with Crippen molar-refractivity contribution in [2.75, 3.05) is 39.6 Å². The maximum atomic E-state index is 13.0. The maximum Gasteiger partial charge on any atom is 0.472 e. The number of ether oxygens (including phenoxy) is 4. The van der Waals surface area contributed by atoms with Gasteiger partial charge in [0.2, 0.25) is 0 Å².